The lowest BCUT2D eigenvalue weighted by Gasteiger charge is -2.41. The summed E-state index contributed by atoms with van der Waals surface area (Å²) >= 11 is 1.50. The molecule has 1 fully saturated rings. The molecule has 1 aromatic heterocycles. The fourth-order valence-electron chi connectivity index (χ4n) is 7.35. The molecule has 4 N–H and O–H groups in total. The maximum Gasteiger partial charge on any atom is 0.245 e. The Morgan fingerprint density at radius 3 is 2.23 bits per heavy atom. The molecule has 1 aliphatic heterocycles. The third-order valence-corrected chi connectivity index (χ3v) is 11.7. The molecule has 0 bridgehead atoms. The van der Waals surface area contributed by atoms with Gasteiger partial charge in [-0.05, 0) is 42.6 Å². The first-order valence-corrected chi connectivity index (χ1v) is 20.0. The number of thiazole rings is 1. The van der Waals surface area contributed by atoms with E-state index in [0.29, 0.717) is 19.4 Å². The van der Waals surface area contributed by atoms with Gasteiger partial charge in [0.2, 0.25) is 23.6 Å². The lowest BCUT2D eigenvalue weighted by Crippen LogP contribution is -2.59. The van der Waals surface area contributed by atoms with Gasteiger partial charge in [0.15, 0.2) is 0 Å². The molecule has 0 saturated carbocycles. The molecule has 9 atom stereocenters. The molecule has 12 nitrogen and oxygen atoms in total. The van der Waals surface area contributed by atoms with Crippen LogP contribution in [-0.2, 0) is 35.1 Å². The Hall–Kier alpha value is -3.39. The summed E-state index contributed by atoms with van der Waals surface area (Å²) in [5, 5.41) is 8.84. The van der Waals surface area contributed by atoms with Crippen molar-refractivity contribution in [3.05, 3.63) is 52.5 Å². The van der Waals surface area contributed by atoms with Crippen molar-refractivity contribution in [3.63, 3.8) is 0 Å². The minimum atomic E-state index is -0.794. The van der Waals surface area contributed by atoms with E-state index < -0.39 is 36.3 Å². The van der Waals surface area contributed by atoms with E-state index in [4.69, 9.17) is 15.2 Å². The van der Waals surface area contributed by atoms with Crippen molar-refractivity contribution in [2.24, 2.45) is 29.4 Å². The van der Waals surface area contributed by atoms with Crippen LogP contribution in [0.1, 0.15) is 90.8 Å². The molecule has 0 aliphatic carbocycles. The number of hydrogen-bond donors (Lipinski definition) is 3. The number of nitrogens with two attached hydrogens (primary N) is 1. The molecule has 1 unspecified atom stereocenters. The van der Waals surface area contributed by atoms with Crippen LogP contribution in [0.2, 0.25) is 0 Å². The van der Waals surface area contributed by atoms with Gasteiger partial charge in [-0.15, -0.1) is 11.3 Å². The minimum absolute atomic E-state index is 0.0189. The molecule has 296 valence electrons. The topological polar surface area (TPSA) is 156 Å². The highest BCUT2D eigenvalue weighted by atomic mass is 32.1. The first-order chi connectivity index (χ1) is 25.2. The number of nitrogens with zero attached hydrogens (tertiary/aromatic N) is 3. The van der Waals surface area contributed by atoms with E-state index in [1.807, 2.05) is 89.1 Å². The van der Waals surface area contributed by atoms with Crippen molar-refractivity contribution in [3.8, 4) is 0 Å². The van der Waals surface area contributed by atoms with Gasteiger partial charge in [0.1, 0.15) is 11.0 Å². The Morgan fingerprint density at radius 1 is 1.00 bits per heavy atom. The average molecular weight is 757 g/mol. The summed E-state index contributed by atoms with van der Waals surface area (Å²) in [6.45, 7) is 14.0. The van der Waals surface area contributed by atoms with Gasteiger partial charge in [-0.2, -0.15) is 0 Å². The standard InChI is InChI=1S/C40H64N6O6S/c1-11-26(6)35(45(8)40(50)34(25(4)5)44-38(49)33(41)24(2)3)31(51-9)23-32(47)46-20-15-18-30(46)36(52-10)27(7)37(48)43-29(39-42-19-21-53-39)22-28-16-13-12-14-17-28/h12-14,16-17,19,21,24-27,29-31,33-36H,11,15,18,20,22-23,41H2,1-10H3,(H,43,48)(H,44,49)/t26-,27+,29-,30-,31+,33-,34?,35-,36+/m0/s1. The van der Waals surface area contributed by atoms with Gasteiger partial charge in [-0.1, -0.05) is 85.2 Å². The summed E-state index contributed by atoms with van der Waals surface area (Å²) in [6.07, 6.45) is 3.43. The second kappa shape index (κ2) is 20.9. The van der Waals surface area contributed by atoms with E-state index in [1.54, 1.807) is 32.4 Å². The Balaban J connectivity index is 1.78. The van der Waals surface area contributed by atoms with Crippen LogP contribution < -0.4 is 16.4 Å². The Kier molecular flexibility index (Phi) is 17.4. The van der Waals surface area contributed by atoms with E-state index in [9.17, 15) is 19.2 Å². The van der Waals surface area contributed by atoms with Crippen molar-refractivity contribution in [1.82, 2.24) is 25.4 Å². The molecular weight excluding hydrogens is 693 g/mol. The van der Waals surface area contributed by atoms with Crippen molar-refractivity contribution in [2.45, 2.75) is 123 Å². The number of carbonyl (C=O) groups excluding carboxylic acids is 4. The van der Waals surface area contributed by atoms with Crippen molar-refractivity contribution in [1.29, 1.82) is 0 Å². The number of likely N-dealkylation sites (N-methyl/N-ethyl adjacent to an activating group) is 1. The number of amides is 4. The van der Waals surface area contributed by atoms with Crippen LogP contribution >= 0.6 is 11.3 Å². The predicted molar refractivity (Wildman–Crippen MR) is 209 cm³/mol. The summed E-state index contributed by atoms with van der Waals surface area (Å²) in [6, 6.07) is 7.39. The van der Waals surface area contributed by atoms with E-state index in [1.165, 1.54) is 11.3 Å². The van der Waals surface area contributed by atoms with Crippen LogP contribution in [0.25, 0.3) is 0 Å². The van der Waals surface area contributed by atoms with E-state index in [-0.39, 0.29) is 59.9 Å². The maximum absolute atomic E-state index is 14.2. The van der Waals surface area contributed by atoms with Gasteiger partial charge >= 0.3 is 0 Å². The summed E-state index contributed by atoms with van der Waals surface area (Å²) in [7, 11) is 4.87. The first-order valence-electron chi connectivity index (χ1n) is 19.1. The van der Waals surface area contributed by atoms with E-state index in [2.05, 4.69) is 15.6 Å². The number of aromatic nitrogens is 1. The van der Waals surface area contributed by atoms with Gasteiger partial charge in [0.05, 0.1) is 48.7 Å². The Labute approximate surface area is 320 Å². The summed E-state index contributed by atoms with van der Waals surface area (Å²) in [5.41, 5.74) is 7.20. The molecule has 0 radical (unpaired) electrons. The highest BCUT2D eigenvalue weighted by Gasteiger charge is 2.43. The van der Waals surface area contributed by atoms with Crippen molar-refractivity contribution in [2.75, 3.05) is 27.8 Å². The highest BCUT2D eigenvalue weighted by Crippen LogP contribution is 2.30. The van der Waals surface area contributed by atoms with Crippen molar-refractivity contribution < 1.29 is 28.7 Å². The second-order valence-corrected chi connectivity index (χ2v) is 16.1. The molecule has 2 heterocycles. The number of carbonyl (C=O) groups is 4. The van der Waals surface area contributed by atoms with Gasteiger partial charge in [-0.25, -0.2) is 4.98 Å². The van der Waals surface area contributed by atoms with Crippen LogP contribution in [0.5, 0.6) is 0 Å². The van der Waals surface area contributed by atoms with Crippen LogP contribution in [-0.4, -0.2) is 103 Å². The average Bonchev–Trinajstić information content (AvgIpc) is 3.86. The molecule has 53 heavy (non-hydrogen) atoms. The normalized spacial score (nSPS) is 19.2. The zero-order valence-corrected chi connectivity index (χ0v) is 34.2. The number of ether oxygens (including phenoxy) is 2. The number of nitrogens with one attached hydrogen (secondary N) is 2. The van der Waals surface area contributed by atoms with Crippen molar-refractivity contribution >= 4 is 35.0 Å². The molecule has 4 amide bonds. The third kappa shape index (κ3) is 11.6. The lowest BCUT2D eigenvalue weighted by atomic mass is 9.89. The van der Waals surface area contributed by atoms with Crippen LogP contribution in [0.3, 0.4) is 0 Å². The minimum Gasteiger partial charge on any atom is -0.379 e. The van der Waals surface area contributed by atoms with Crippen LogP contribution in [0.15, 0.2) is 41.9 Å². The zero-order chi connectivity index (χ0) is 39.4. The summed E-state index contributed by atoms with van der Waals surface area (Å²) < 4.78 is 12.0. The number of benzene rings is 1. The van der Waals surface area contributed by atoms with Gasteiger partial charge in [0.25, 0.3) is 0 Å². The smallest absolute Gasteiger partial charge is 0.245 e. The Morgan fingerprint density at radius 2 is 1.68 bits per heavy atom. The lowest BCUT2D eigenvalue weighted by molar-refractivity contribution is -0.147. The molecule has 1 aliphatic rings. The fourth-order valence-corrected chi connectivity index (χ4v) is 8.04. The second-order valence-electron chi connectivity index (χ2n) is 15.2. The molecule has 1 aromatic carbocycles. The van der Waals surface area contributed by atoms with E-state index >= 15 is 0 Å². The highest BCUT2D eigenvalue weighted by molar-refractivity contribution is 7.09. The maximum atomic E-state index is 14.2. The zero-order valence-electron chi connectivity index (χ0n) is 33.4. The largest absolute Gasteiger partial charge is 0.379 e. The molecule has 0 spiro atoms. The van der Waals surface area contributed by atoms with Crippen LogP contribution in [0.4, 0.5) is 0 Å². The van der Waals surface area contributed by atoms with Gasteiger partial charge < -0.3 is 35.6 Å². The molecule has 2 aromatic rings. The first kappa shape index (κ1) is 44.0. The summed E-state index contributed by atoms with van der Waals surface area (Å²) in [4.78, 5) is 63.0. The molecule has 3 rings (SSSR count). The van der Waals surface area contributed by atoms with Gasteiger partial charge in [-0.3, -0.25) is 19.2 Å². The SMILES string of the molecule is CC[C@H](C)[C@@H]([C@@H](CC(=O)N1CCC[C@H]1[C@H](OC)[C@@H](C)C(=O)N[C@@H](Cc1ccccc1)c1nccs1)OC)N(C)C(=O)C(NC(=O)[C@@H](N)C(C)C)C(C)C. The number of hydrogen-bond acceptors (Lipinski definition) is 9. The molecule has 1 saturated heterocycles. The predicted octanol–water partition coefficient (Wildman–Crippen LogP) is 4.59. The number of methoxy groups -OCH3 is 2. The third-order valence-electron chi connectivity index (χ3n) is 10.9. The quantitative estimate of drug-likeness (QED) is 0.177. The number of rotatable bonds is 20. The monoisotopic (exact) mass is 756 g/mol. The summed E-state index contributed by atoms with van der Waals surface area (Å²) in [5.74, 6) is -1.77. The molecule has 13 heteroatoms. The van der Waals surface area contributed by atoms with E-state index in [0.717, 1.165) is 23.4 Å². The number of likely N-dealkylation sites (tertiary alicyclic amines) is 1. The Bertz CT molecular complexity index is 1440. The fraction of sp³-hybridized carbons (Fsp3) is 0.675. The van der Waals surface area contributed by atoms with Gasteiger partial charge in [0, 0.05) is 39.4 Å². The van der Waals surface area contributed by atoms with Crippen LogP contribution in [0, 0.1) is 23.7 Å². The molecular formula is C40H64N6O6S.